The Morgan fingerprint density at radius 3 is 2.65 bits per heavy atom. The van der Waals surface area contributed by atoms with E-state index in [2.05, 4.69) is 10.4 Å². The monoisotopic (exact) mass is 247 g/mol. The van der Waals surface area contributed by atoms with Crippen LogP contribution in [0.25, 0.3) is 0 Å². The predicted molar refractivity (Wildman–Crippen MR) is 61.0 cm³/mol. The quantitative estimate of drug-likeness (QED) is 0.795. The van der Waals surface area contributed by atoms with Crippen LogP contribution >= 0.6 is 0 Å². The normalized spacial score (nSPS) is 13.6. The minimum atomic E-state index is -2.71. The van der Waals surface area contributed by atoms with Crippen LogP contribution in [0.3, 0.4) is 0 Å². The van der Waals surface area contributed by atoms with Crippen molar-refractivity contribution in [3.63, 3.8) is 0 Å². The molecule has 0 aliphatic heterocycles. The van der Waals surface area contributed by atoms with Gasteiger partial charge in [-0.1, -0.05) is 13.8 Å². The molecule has 98 valence electrons. The summed E-state index contributed by atoms with van der Waals surface area (Å²) in [6, 6.07) is 0. The van der Waals surface area contributed by atoms with Gasteiger partial charge in [-0.2, -0.15) is 5.10 Å². The number of alkyl halides is 2. The number of nitrogens with one attached hydrogen (secondary N) is 1. The van der Waals surface area contributed by atoms with Gasteiger partial charge in [-0.3, -0.25) is 4.68 Å². The van der Waals surface area contributed by atoms with E-state index >= 15 is 0 Å². The van der Waals surface area contributed by atoms with E-state index in [1.807, 2.05) is 27.1 Å². The van der Waals surface area contributed by atoms with Gasteiger partial charge in [0.25, 0.3) is 6.43 Å². The molecule has 0 aromatic carbocycles. The van der Waals surface area contributed by atoms with Crippen LogP contribution in [-0.4, -0.2) is 34.0 Å². The average Bonchev–Trinajstić information content (AvgIpc) is 2.59. The largest absolute Gasteiger partial charge is 0.386 e. The van der Waals surface area contributed by atoms with E-state index in [4.69, 9.17) is 5.11 Å². The van der Waals surface area contributed by atoms with E-state index < -0.39 is 12.5 Å². The Morgan fingerprint density at radius 1 is 1.47 bits per heavy atom. The van der Waals surface area contributed by atoms with E-state index in [9.17, 15) is 8.78 Å². The van der Waals surface area contributed by atoms with E-state index in [0.29, 0.717) is 6.54 Å². The van der Waals surface area contributed by atoms with Crippen LogP contribution in [0.15, 0.2) is 6.20 Å². The van der Waals surface area contributed by atoms with Gasteiger partial charge in [0.2, 0.25) is 0 Å². The molecule has 1 aromatic rings. The molecule has 0 amide bonds. The molecular weight excluding hydrogens is 228 g/mol. The molecule has 0 spiro atoms. The minimum absolute atomic E-state index is 0.121. The maximum atomic E-state index is 12.1. The number of rotatable bonds is 6. The van der Waals surface area contributed by atoms with Gasteiger partial charge in [-0.25, -0.2) is 8.78 Å². The van der Waals surface area contributed by atoms with Crippen molar-refractivity contribution >= 4 is 0 Å². The summed E-state index contributed by atoms with van der Waals surface area (Å²) in [6.07, 6.45) is -2.47. The summed E-state index contributed by atoms with van der Waals surface area (Å²) in [6.45, 7) is 4.37. The third kappa shape index (κ3) is 4.05. The van der Waals surface area contributed by atoms with E-state index in [0.717, 1.165) is 11.3 Å². The van der Waals surface area contributed by atoms with Gasteiger partial charge < -0.3 is 10.4 Å². The summed E-state index contributed by atoms with van der Waals surface area (Å²) < 4.78 is 25.8. The highest BCUT2D eigenvalue weighted by Gasteiger charge is 2.17. The van der Waals surface area contributed by atoms with Gasteiger partial charge in [0.1, 0.15) is 6.10 Å². The lowest BCUT2D eigenvalue weighted by molar-refractivity contribution is -0.00341. The molecule has 0 saturated heterocycles. The molecular formula is C11H19F2N3O. The van der Waals surface area contributed by atoms with E-state index in [1.165, 1.54) is 0 Å². The number of aromatic nitrogens is 2. The molecule has 0 radical (unpaired) electrons. The summed E-state index contributed by atoms with van der Waals surface area (Å²) in [4.78, 5) is 0. The zero-order valence-corrected chi connectivity index (χ0v) is 10.3. The Bertz CT molecular complexity index is 352. The van der Waals surface area contributed by atoms with Gasteiger partial charge >= 0.3 is 0 Å². The second-order valence-corrected chi connectivity index (χ2v) is 4.40. The van der Waals surface area contributed by atoms with E-state index in [-0.39, 0.29) is 12.5 Å². The number of aliphatic hydroxyl groups excluding tert-OH is 1. The highest BCUT2D eigenvalue weighted by molar-refractivity contribution is 5.19. The number of aliphatic hydroxyl groups is 1. The zero-order chi connectivity index (χ0) is 13.0. The zero-order valence-electron chi connectivity index (χ0n) is 10.3. The summed E-state index contributed by atoms with van der Waals surface area (Å²) in [7, 11) is 1.82. The predicted octanol–water partition coefficient (Wildman–Crippen LogP) is 1.26. The fourth-order valence-corrected chi connectivity index (χ4v) is 1.62. The van der Waals surface area contributed by atoms with Crippen molar-refractivity contribution in [2.75, 3.05) is 6.54 Å². The van der Waals surface area contributed by atoms with Crippen molar-refractivity contribution in [1.29, 1.82) is 0 Å². The Labute approximate surface area is 99.6 Å². The molecule has 2 N–H and O–H groups in total. The molecule has 0 saturated carbocycles. The maximum absolute atomic E-state index is 12.1. The second kappa shape index (κ2) is 6.07. The summed E-state index contributed by atoms with van der Waals surface area (Å²) in [5, 5.41) is 16.1. The van der Waals surface area contributed by atoms with Crippen LogP contribution in [0.2, 0.25) is 0 Å². The molecule has 0 fully saturated rings. The van der Waals surface area contributed by atoms with Crippen LogP contribution in [0.4, 0.5) is 8.78 Å². The topological polar surface area (TPSA) is 50.1 Å². The molecule has 1 aromatic heterocycles. The van der Waals surface area contributed by atoms with Crippen molar-refractivity contribution < 1.29 is 13.9 Å². The number of nitrogens with zero attached hydrogens (tertiary/aromatic N) is 2. The SMILES string of the molecule is CC(C)c1nn(C)cc1CNCC(O)C(F)F. The lowest BCUT2D eigenvalue weighted by Gasteiger charge is -2.11. The van der Waals surface area contributed by atoms with Gasteiger partial charge in [-0.05, 0) is 5.92 Å². The van der Waals surface area contributed by atoms with Gasteiger partial charge in [0.05, 0.1) is 5.69 Å². The molecule has 17 heavy (non-hydrogen) atoms. The molecule has 0 aliphatic rings. The standard InChI is InChI=1S/C11H19F2N3O/c1-7(2)10-8(6-16(3)15-10)4-14-5-9(17)11(12)13/h6-7,9,11,14,17H,4-5H2,1-3H3. The van der Waals surface area contributed by atoms with Gasteiger partial charge in [0, 0.05) is 31.9 Å². The molecule has 1 rings (SSSR count). The first-order valence-corrected chi connectivity index (χ1v) is 5.61. The molecule has 1 atom stereocenters. The first-order chi connectivity index (χ1) is 7.91. The Morgan fingerprint density at radius 2 is 2.12 bits per heavy atom. The van der Waals surface area contributed by atoms with Crippen molar-refractivity contribution in [2.24, 2.45) is 7.05 Å². The van der Waals surface area contributed by atoms with Crippen LogP contribution in [0.5, 0.6) is 0 Å². The van der Waals surface area contributed by atoms with Crippen LogP contribution < -0.4 is 5.32 Å². The van der Waals surface area contributed by atoms with Gasteiger partial charge in [0.15, 0.2) is 0 Å². The lowest BCUT2D eigenvalue weighted by atomic mass is 10.1. The molecule has 0 aliphatic carbocycles. The molecule has 0 bridgehead atoms. The van der Waals surface area contributed by atoms with Crippen molar-refractivity contribution in [3.05, 3.63) is 17.5 Å². The van der Waals surface area contributed by atoms with Crippen LogP contribution in [-0.2, 0) is 13.6 Å². The first-order valence-electron chi connectivity index (χ1n) is 5.61. The second-order valence-electron chi connectivity index (χ2n) is 4.40. The van der Waals surface area contributed by atoms with Crippen molar-refractivity contribution in [3.8, 4) is 0 Å². The number of aryl methyl sites for hydroxylation is 1. The number of hydrogen-bond donors (Lipinski definition) is 2. The molecule has 1 unspecified atom stereocenters. The highest BCUT2D eigenvalue weighted by atomic mass is 19.3. The van der Waals surface area contributed by atoms with E-state index in [1.54, 1.807) is 4.68 Å². The average molecular weight is 247 g/mol. The Balaban J connectivity index is 2.51. The molecule has 6 heteroatoms. The fourth-order valence-electron chi connectivity index (χ4n) is 1.62. The minimum Gasteiger partial charge on any atom is -0.386 e. The smallest absolute Gasteiger partial charge is 0.265 e. The number of hydrogen-bond acceptors (Lipinski definition) is 3. The summed E-state index contributed by atoms with van der Waals surface area (Å²) in [5.74, 6) is 0.285. The highest BCUT2D eigenvalue weighted by Crippen LogP contribution is 2.16. The fraction of sp³-hybridized carbons (Fsp3) is 0.727. The third-order valence-electron chi connectivity index (χ3n) is 2.44. The van der Waals surface area contributed by atoms with Crippen LogP contribution in [0.1, 0.15) is 31.0 Å². The van der Waals surface area contributed by atoms with Crippen molar-refractivity contribution in [1.82, 2.24) is 15.1 Å². The molecule has 1 heterocycles. The first kappa shape index (κ1) is 14.1. The third-order valence-corrected chi connectivity index (χ3v) is 2.44. The molecule has 4 nitrogen and oxygen atoms in total. The lowest BCUT2D eigenvalue weighted by Crippen LogP contribution is -2.31. The van der Waals surface area contributed by atoms with Crippen LogP contribution in [0, 0.1) is 0 Å². The Hall–Kier alpha value is -1.01. The summed E-state index contributed by atoms with van der Waals surface area (Å²) in [5.41, 5.74) is 1.93. The van der Waals surface area contributed by atoms with Gasteiger partial charge in [-0.15, -0.1) is 0 Å². The number of halogens is 2. The Kier molecular flexibility index (Phi) is 5.02. The maximum Gasteiger partial charge on any atom is 0.265 e. The van der Waals surface area contributed by atoms with Crippen molar-refractivity contribution in [2.45, 2.75) is 38.8 Å². The summed E-state index contributed by atoms with van der Waals surface area (Å²) >= 11 is 0.